The Balaban J connectivity index is 1.37. The number of aryl methyl sites for hydroxylation is 1. The summed E-state index contributed by atoms with van der Waals surface area (Å²) in [6, 6.07) is 1.94. The lowest BCUT2D eigenvalue weighted by Gasteiger charge is -2.34. The molecule has 0 aliphatic carbocycles. The van der Waals surface area contributed by atoms with Gasteiger partial charge in [0, 0.05) is 51.0 Å². The molecule has 1 amide bonds. The molecule has 5 rings (SSSR count). The third-order valence-corrected chi connectivity index (χ3v) is 6.74. The summed E-state index contributed by atoms with van der Waals surface area (Å²) in [6.45, 7) is 6.11. The normalized spacial score (nSPS) is 22.8. The highest BCUT2D eigenvalue weighted by atomic mass is 16.5. The van der Waals surface area contributed by atoms with Gasteiger partial charge < -0.3 is 19.1 Å². The first-order valence-corrected chi connectivity index (χ1v) is 11.6. The second kappa shape index (κ2) is 8.94. The molecule has 31 heavy (non-hydrogen) atoms. The van der Waals surface area contributed by atoms with E-state index in [4.69, 9.17) is 14.2 Å². The van der Waals surface area contributed by atoms with Crippen molar-refractivity contribution in [2.45, 2.75) is 63.9 Å². The molecule has 0 bridgehead atoms. The number of likely N-dealkylation sites (tertiary alicyclic amines) is 1. The highest BCUT2D eigenvalue weighted by Crippen LogP contribution is 2.35. The number of aromatic nitrogens is 3. The van der Waals surface area contributed by atoms with E-state index >= 15 is 0 Å². The van der Waals surface area contributed by atoms with Crippen LogP contribution in [0.25, 0.3) is 11.3 Å². The second-order valence-corrected chi connectivity index (χ2v) is 8.95. The molecule has 8 heteroatoms. The van der Waals surface area contributed by atoms with Gasteiger partial charge in [-0.1, -0.05) is 5.16 Å². The van der Waals surface area contributed by atoms with Crippen molar-refractivity contribution >= 4 is 11.9 Å². The molecule has 3 fully saturated rings. The minimum Gasteiger partial charge on any atom is -0.368 e. The minimum absolute atomic E-state index is 0.152. The van der Waals surface area contributed by atoms with E-state index in [0.29, 0.717) is 6.61 Å². The first-order valence-electron chi connectivity index (χ1n) is 11.6. The molecule has 0 saturated carbocycles. The van der Waals surface area contributed by atoms with Crippen LogP contribution in [-0.2, 0) is 9.53 Å². The van der Waals surface area contributed by atoms with E-state index in [2.05, 4.69) is 15.0 Å². The summed E-state index contributed by atoms with van der Waals surface area (Å²) < 4.78 is 11.2. The van der Waals surface area contributed by atoms with Gasteiger partial charge in [0.05, 0.1) is 17.0 Å². The van der Waals surface area contributed by atoms with Crippen LogP contribution < -0.4 is 4.90 Å². The molecular weight excluding hydrogens is 394 g/mol. The molecule has 0 radical (unpaired) electrons. The molecule has 3 aliphatic heterocycles. The van der Waals surface area contributed by atoms with Crippen LogP contribution in [0.4, 0.5) is 5.95 Å². The van der Waals surface area contributed by atoms with Crippen LogP contribution in [0.1, 0.15) is 62.3 Å². The largest absolute Gasteiger partial charge is 0.368 e. The van der Waals surface area contributed by atoms with E-state index in [1.807, 2.05) is 24.1 Å². The Labute approximate surface area is 183 Å². The van der Waals surface area contributed by atoms with Gasteiger partial charge in [0.25, 0.3) is 5.91 Å². The van der Waals surface area contributed by atoms with Crippen molar-refractivity contribution in [3.63, 3.8) is 0 Å². The lowest BCUT2D eigenvalue weighted by atomic mass is 9.90. The average molecular weight is 426 g/mol. The number of rotatable bonds is 4. The van der Waals surface area contributed by atoms with E-state index in [1.165, 1.54) is 19.3 Å². The van der Waals surface area contributed by atoms with E-state index in [9.17, 15) is 4.79 Å². The number of anilines is 1. The van der Waals surface area contributed by atoms with Gasteiger partial charge in [0.2, 0.25) is 5.95 Å². The molecule has 2 aromatic heterocycles. The van der Waals surface area contributed by atoms with Gasteiger partial charge in [0.15, 0.2) is 5.76 Å². The zero-order valence-electron chi connectivity index (χ0n) is 18.3. The lowest BCUT2D eigenvalue weighted by Crippen LogP contribution is -2.43. The fourth-order valence-corrected chi connectivity index (χ4v) is 4.97. The Kier molecular flexibility index (Phi) is 5.89. The Morgan fingerprint density at radius 3 is 2.55 bits per heavy atom. The highest BCUT2D eigenvalue weighted by molar-refractivity contribution is 5.81. The van der Waals surface area contributed by atoms with Crippen molar-refractivity contribution in [2.75, 3.05) is 37.7 Å². The second-order valence-electron chi connectivity index (χ2n) is 8.95. The Hall–Kier alpha value is -2.48. The van der Waals surface area contributed by atoms with Crippen LogP contribution in [0.15, 0.2) is 16.8 Å². The number of carbonyl (C=O) groups is 1. The smallest absolute Gasteiger partial charge is 0.251 e. The monoisotopic (exact) mass is 425 g/mol. The molecular formula is C23H31N5O3. The molecule has 0 aromatic carbocycles. The van der Waals surface area contributed by atoms with Gasteiger partial charge in [-0.15, -0.1) is 0 Å². The maximum absolute atomic E-state index is 12.7. The maximum atomic E-state index is 12.7. The van der Waals surface area contributed by atoms with E-state index < -0.39 is 0 Å². The number of amides is 1. The Morgan fingerprint density at radius 2 is 1.87 bits per heavy atom. The van der Waals surface area contributed by atoms with Crippen molar-refractivity contribution in [2.24, 2.45) is 0 Å². The summed E-state index contributed by atoms with van der Waals surface area (Å²) in [5.74, 6) is 1.95. The summed E-state index contributed by atoms with van der Waals surface area (Å²) in [5.41, 5.74) is 2.79. The van der Waals surface area contributed by atoms with Crippen molar-refractivity contribution in [1.82, 2.24) is 20.0 Å². The summed E-state index contributed by atoms with van der Waals surface area (Å²) >= 11 is 0. The van der Waals surface area contributed by atoms with Crippen LogP contribution >= 0.6 is 0 Å². The van der Waals surface area contributed by atoms with Gasteiger partial charge in [-0.05, 0) is 51.9 Å². The molecule has 3 aliphatic rings. The Bertz CT molecular complexity index is 910. The van der Waals surface area contributed by atoms with Gasteiger partial charge in [0.1, 0.15) is 6.10 Å². The SMILES string of the molecule is Cc1cc(-c2cnc(N3CCCCC3)nc2C2CCN(C(=O)C3CCCO3)CC2)on1. The average Bonchev–Trinajstić information content (AvgIpc) is 3.51. The van der Waals surface area contributed by atoms with Crippen LogP contribution in [0.5, 0.6) is 0 Å². The summed E-state index contributed by atoms with van der Waals surface area (Å²) in [7, 11) is 0. The van der Waals surface area contributed by atoms with E-state index in [0.717, 1.165) is 80.5 Å². The first kappa shape index (κ1) is 20.4. The highest BCUT2D eigenvalue weighted by Gasteiger charge is 2.33. The summed E-state index contributed by atoms with van der Waals surface area (Å²) in [6.07, 6.45) is 8.90. The molecule has 5 heterocycles. The van der Waals surface area contributed by atoms with E-state index in [1.54, 1.807) is 0 Å². The standard InChI is InChI=1S/C23H31N5O3/c1-16-14-20(31-26-16)18-15-24-23(28-9-3-2-4-10-28)25-21(18)17-7-11-27(12-8-17)22(29)19-6-5-13-30-19/h14-15,17,19H,2-13H2,1H3. The Morgan fingerprint density at radius 1 is 1.06 bits per heavy atom. The van der Waals surface area contributed by atoms with Crippen molar-refractivity contribution < 1.29 is 14.1 Å². The predicted octanol–water partition coefficient (Wildman–Crippen LogP) is 3.32. The summed E-state index contributed by atoms with van der Waals surface area (Å²) in [4.78, 5) is 26.7. The van der Waals surface area contributed by atoms with Gasteiger partial charge in [-0.2, -0.15) is 0 Å². The molecule has 2 aromatic rings. The minimum atomic E-state index is -0.242. The molecule has 8 nitrogen and oxygen atoms in total. The first-order chi connectivity index (χ1) is 15.2. The van der Waals surface area contributed by atoms with Crippen LogP contribution in [0.2, 0.25) is 0 Å². The number of hydrogen-bond acceptors (Lipinski definition) is 7. The number of piperidine rings is 2. The van der Waals surface area contributed by atoms with Crippen molar-refractivity contribution in [3.8, 4) is 11.3 Å². The maximum Gasteiger partial charge on any atom is 0.251 e. The van der Waals surface area contributed by atoms with E-state index in [-0.39, 0.29) is 17.9 Å². The van der Waals surface area contributed by atoms with Crippen molar-refractivity contribution in [1.29, 1.82) is 0 Å². The van der Waals surface area contributed by atoms with Crippen molar-refractivity contribution in [3.05, 3.63) is 23.7 Å². The number of ether oxygens (including phenoxy) is 1. The fraction of sp³-hybridized carbons (Fsp3) is 0.652. The lowest BCUT2D eigenvalue weighted by molar-refractivity contribution is -0.142. The number of hydrogen-bond donors (Lipinski definition) is 0. The third kappa shape index (κ3) is 4.31. The quantitative estimate of drug-likeness (QED) is 0.743. The predicted molar refractivity (Wildman–Crippen MR) is 116 cm³/mol. The molecule has 1 atom stereocenters. The zero-order chi connectivity index (χ0) is 21.2. The molecule has 0 N–H and O–H groups in total. The zero-order valence-corrected chi connectivity index (χ0v) is 18.3. The fourth-order valence-electron chi connectivity index (χ4n) is 4.97. The number of carbonyl (C=O) groups excluding carboxylic acids is 1. The summed E-state index contributed by atoms with van der Waals surface area (Å²) in [5, 5.41) is 4.06. The molecule has 1 unspecified atom stereocenters. The third-order valence-electron chi connectivity index (χ3n) is 6.74. The molecule has 3 saturated heterocycles. The molecule has 0 spiro atoms. The van der Waals surface area contributed by atoms with Gasteiger partial charge in [-0.3, -0.25) is 4.79 Å². The van der Waals surface area contributed by atoms with Crippen LogP contribution in [-0.4, -0.2) is 64.8 Å². The number of nitrogens with zero attached hydrogens (tertiary/aromatic N) is 5. The van der Waals surface area contributed by atoms with Gasteiger partial charge in [-0.25, -0.2) is 9.97 Å². The van der Waals surface area contributed by atoms with Crippen LogP contribution in [0, 0.1) is 6.92 Å². The molecule has 166 valence electrons. The van der Waals surface area contributed by atoms with Crippen LogP contribution in [0.3, 0.4) is 0 Å². The van der Waals surface area contributed by atoms with Gasteiger partial charge >= 0.3 is 0 Å². The topological polar surface area (TPSA) is 84.6 Å².